The fraction of sp³-hybridized carbons (Fsp3) is 0.533. The molecule has 1 heterocycles. The van der Waals surface area contributed by atoms with E-state index in [4.69, 9.17) is 17.3 Å². The van der Waals surface area contributed by atoms with E-state index in [2.05, 4.69) is 15.9 Å². The molecule has 1 saturated carbocycles. The summed E-state index contributed by atoms with van der Waals surface area (Å²) in [6.45, 7) is 1.59. The number of fused-ring (bicyclic) bond motifs is 1. The molecule has 1 amide bonds. The minimum Gasteiger partial charge on any atom is -0.338 e. The van der Waals surface area contributed by atoms with E-state index in [1.54, 1.807) is 6.07 Å². The van der Waals surface area contributed by atoms with Crippen LogP contribution >= 0.6 is 39.9 Å². The molecule has 0 radical (unpaired) electrons. The number of carbonyl (C=O) groups excluding carboxylic acids is 1. The Labute approximate surface area is 144 Å². The maximum Gasteiger partial charge on any atom is 0.255 e. The monoisotopic (exact) mass is 392 g/mol. The Morgan fingerprint density at radius 3 is 2.81 bits per heavy atom. The van der Waals surface area contributed by atoms with Gasteiger partial charge in [-0.1, -0.05) is 24.1 Å². The van der Waals surface area contributed by atoms with Crippen LogP contribution in [0, 0.1) is 11.8 Å². The van der Waals surface area contributed by atoms with Gasteiger partial charge in [0.15, 0.2) is 0 Å². The number of hydrogen-bond donors (Lipinski definition) is 1. The zero-order valence-corrected chi connectivity index (χ0v) is 14.8. The van der Waals surface area contributed by atoms with Gasteiger partial charge in [0.2, 0.25) is 0 Å². The normalized spacial score (nSPS) is 28.0. The molecule has 1 saturated heterocycles. The summed E-state index contributed by atoms with van der Waals surface area (Å²) in [5.41, 5.74) is 6.78. The first-order chi connectivity index (χ1) is 9.58. The molecule has 0 bridgehead atoms. The molecule has 1 aliphatic heterocycles. The highest BCUT2D eigenvalue weighted by Gasteiger charge is 2.40. The Kier molecular flexibility index (Phi) is 5.58. The molecule has 1 aromatic rings. The summed E-state index contributed by atoms with van der Waals surface area (Å²) >= 11 is 9.60. The molecular formula is C15H19BrCl2N2O. The van der Waals surface area contributed by atoms with Crippen LogP contribution in [0.5, 0.6) is 0 Å². The van der Waals surface area contributed by atoms with Crippen molar-refractivity contribution in [3.63, 3.8) is 0 Å². The van der Waals surface area contributed by atoms with Crippen LogP contribution < -0.4 is 5.73 Å². The molecule has 21 heavy (non-hydrogen) atoms. The molecule has 1 aromatic carbocycles. The zero-order chi connectivity index (χ0) is 14.3. The molecule has 3 unspecified atom stereocenters. The first-order valence-electron chi connectivity index (χ1n) is 7.07. The van der Waals surface area contributed by atoms with E-state index >= 15 is 0 Å². The van der Waals surface area contributed by atoms with Gasteiger partial charge in [-0.05, 0) is 52.7 Å². The van der Waals surface area contributed by atoms with E-state index in [9.17, 15) is 4.79 Å². The minimum atomic E-state index is 0. The van der Waals surface area contributed by atoms with Crippen LogP contribution in [0.25, 0.3) is 0 Å². The van der Waals surface area contributed by atoms with Gasteiger partial charge in [0.05, 0.1) is 10.6 Å². The van der Waals surface area contributed by atoms with Crippen LogP contribution in [0.15, 0.2) is 22.7 Å². The SMILES string of the molecule is Cl.NC1CCCC2CN(C(=O)c3cccc(Br)c3Cl)CC12. The van der Waals surface area contributed by atoms with Crippen molar-refractivity contribution >= 4 is 45.8 Å². The van der Waals surface area contributed by atoms with Crippen LogP contribution in [0.3, 0.4) is 0 Å². The standard InChI is InChI=1S/C15H18BrClN2O.ClH/c16-12-5-2-4-10(14(12)17)15(20)19-7-9-3-1-6-13(18)11(9)8-19;/h2,4-5,9,11,13H,1,3,6-8,18H2;1H. The second-order valence-electron chi connectivity index (χ2n) is 5.83. The average molecular weight is 394 g/mol. The lowest BCUT2D eigenvalue weighted by molar-refractivity contribution is 0.0783. The maximum atomic E-state index is 12.6. The van der Waals surface area contributed by atoms with Gasteiger partial charge in [-0.25, -0.2) is 0 Å². The van der Waals surface area contributed by atoms with Crippen LogP contribution in [0.2, 0.25) is 5.02 Å². The maximum absolute atomic E-state index is 12.6. The lowest BCUT2D eigenvalue weighted by Gasteiger charge is -2.29. The van der Waals surface area contributed by atoms with Crippen LogP contribution in [0.4, 0.5) is 0 Å². The van der Waals surface area contributed by atoms with Crippen molar-refractivity contribution in [1.82, 2.24) is 4.90 Å². The van der Waals surface area contributed by atoms with E-state index in [1.165, 1.54) is 12.8 Å². The number of amides is 1. The third-order valence-corrected chi connectivity index (χ3v) is 5.92. The average Bonchev–Trinajstić information content (AvgIpc) is 2.87. The number of nitrogens with zero attached hydrogens (tertiary/aromatic N) is 1. The molecule has 2 aliphatic rings. The Balaban J connectivity index is 0.00000161. The fourth-order valence-electron chi connectivity index (χ4n) is 3.52. The highest BCUT2D eigenvalue weighted by atomic mass is 79.9. The third kappa shape index (κ3) is 3.24. The third-order valence-electron chi connectivity index (χ3n) is 4.62. The Hall–Kier alpha value is -0.290. The molecule has 0 aromatic heterocycles. The molecule has 2 fully saturated rings. The number of rotatable bonds is 1. The number of hydrogen-bond acceptors (Lipinski definition) is 2. The molecule has 0 spiro atoms. The predicted octanol–water partition coefficient (Wildman–Crippen LogP) is 3.72. The quantitative estimate of drug-likeness (QED) is 0.790. The second-order valence-corrected chi connectivity index (χ2v) is 7.06. The van der Waals surface area contributed by atoms with Crippen molar-refractivity contribution in [2.45, 2.75) is 25.3 Å². The Morgan fingerprint density at radius 2 is 2.10 bits per heavy atom. The van der Waals surface area contributed by atoms with E-state index in [0.717, 1.165) is 24.0 Å². The number of nitrogens with two attached hydrogens (primary N) is 1. The summed E-state index contributed by atoms with van der Waals surface area (Å²) in [4.78, 5) is 14.6. The van der Waals surface area contributed by atoms with Crippen LogP contribution in [-0.2, 0) is 0 Å². The summed E-state index contributed by atoms with van der Waals surface area (Å²) in [5.74, 6) is 1.05. The summed E-state index contributed by atoms with van der Waals surface area (Å²) in [6, 6.07) is 5.72. The topological polar surface area (TPSA) is 46.3 Å². The van der Waals surface area contributed by atoms with E-state index in [1.807, 2.05) is 17.0 Å². The first kappa shape index (κ1) is 17.1. The lowest BCUT2D eigenvalue weighted by Crippen LogP contribution is -2.38. The summed E-state index contributed by atoms with van der Waals surface area (Å²) in [5, 5.41) is 0.497. The van der Waals surface area contributed by atoms with Gasteiger partial charge < -0.3 is 10.6 Å². The minimum absolute atomic E-state index is 0. The lowest BCUT2D eigenvalue weighted by atomic mass is 9.78. The van der Waals surface area contributed by atoms with E-state index < -0.39 is 0 Å². The van der Waals surface area contributed by atoms with Crippen molar-refractivity contribution in [2.75, 3.05) is 13.1 Å². The molecule has 2 N–H and O–H groups in total. The van der Waals surface area contributed by atoms with Crippen LogP contribution in [0.1, 0.15) is 29.6 Å². The van der Waals surface area contributed by atoms with Gasteiger partial charge in [0, 0.05) is 23.6 Å². The van der Waals surface area contributed by atoms with Gasteiger partial charge in [-0.2, -0.15) is 0 Å². The number of likely N-dealkylation sites (tertiary alicyclic amines) is 1. The molecule has 3 atom stereocenters. The molecule has 3 nitrogen and oxygen atoms in total. The van der Waals surface area contributed by atoms with E-state index in [0.29, 0.717) is 22.4 Å². The van der Waals surface area contributed by atoms with E-state index in [-0.39, 0.29) is 24.4 Å². The van der Waals surface area contributed by atoms with Gasteiger partial charge >= 0.3 is 0 Å². The molecule has 1 aliphatic carbocycles. The molecular weight excluding hydrogens is 375 g/mol. The van der Waals surface area contributed by atoms with Crippen molar-refractivity contribution < 1.29 is 4.79 Å². The fourth-order valence-corrected chi connectivity index (χ4v) is 4.09. The summed E-state index contributed by atoms with van der Waals surface area (Å²) < 4.78 is 0.762. The van der Waals surface area contributed by atoms with Crippen LogP contribution in [-0.4, -0.2) is 29.9 Å². The Morgan fingerprint density at radius 1 is 1.33 bits per heavy atom. The first-order valence-corrected chi connectivity index (χ1v) is 8.24. The van der Waals surface area contributed by atoms with Gasteiger partial charge in [0.1, 0.15) is 0 Å². The second kappa shape index (κ2) is 6.86. The summed E-state index contributed by atoms with van der Waals surface area (Å²) in [6.07, 6.45) is 3.46. The van der Waals surface area contributed by atoms with Crippen molar-refractivity contribution in [3.8, 4) is 0 Å². The number of carbonyl (C=O) groups is 1. The largest absolute Gasteiger partial charge is 0.338 e. The van der Waals surface area contributed by atoms with Gasteiger partial charge in [-0.3, -0.25) is 4.79 Å². The summed E-state index contributed by atoms with van der Waals surface area (Å²) in [7, 11) is 0. The Bertz CT molecular complexity index is 540. The predicted molar refractivity (Wildman–Crippen MR) is 91.1 cm³/mol. The van der Waals surface area contributed by atoms with Crippen molar-refractivity contribution in [2.24, 2.45) is 17.6 Å². The van der Waals surface area contributed by atoms with Gasteiger partial charge in [-0.15, -0.1) is 12.4 Å². The van der Waals surface area contributed by atoms with Gasteiger partial charge in [0.25, 0.3) is 5.91 Å². The highest BCUT2D eigenvalue weighted by Crippen LogP contribution is 2.37. The number of halogens is 3. The smallest absolute Gasteiger partial charge is 0.255 e. The molecule has 6 heteroatoms. The number of benzene rings is 1. The van der Waals surface area contributed by atoms with Crippen molar-refractivity contribution in [3.05, 3.63) is 33.3 Å². The van der Waals surface area contributed by atoms with Crippen molar-refractivity contribution in [1.29, 1.82) is 0 Å². The molecule has 116 valence electrons. The molecule has 3 rings (SSSR count). The zero-order valence-electron chi connectivity index (χ0n) is 11.6. The highest BCUT2D eigenvalue weighted by molar-refractivity contribution is 9.10.